The molecule has 2 aliphatic heterocycles. The Morgan fingerprint density at radius 2 is 1.96 bits per heavy atom. The van der Waals surface area contributed by atoms with Crippen LogP contribution in [-0.2, 0) is 4.79 Å². The first kappa shape index (κ1) is 17.2. The second-order valence-electron chi connectivity index (χ2n) is 6.93. The average Bonchev–Trinajstić information content (AvgIpc) is 2.62. The molecule has 5 nitrogen and oxygen atoms in total. The van der Waals surface area contributed by atoms with Crippen molar-refractivity contribution >= 4 is 5.91 Å². The van der Waals surface area contributed by atoms with Crippen LogP contribution in [0.2, 0.25) is 0 Å². The number of β-amino-alcohol motifs (C(OH)–C–C–N with tert-alkyl or cyclic N) is 1. The monoisotopic (exact) mass is 332 g/mol. The third-order valence-electron chi connectivity index (χ3n) is 5.27. The zero-order chi connectivity index (χ0) is 16.9. The number of hydrogen-bond donors (Lipinski definition) is 1. The molecule has 132 valence electrons. The van der Waals surface area contributed by atoms with Crippen LogP contribution in [0.4, 0.5) is 0 Å². The second kappa shape index (κ2) is 7.99. The molecule has 2 aliphatic rings. The lowest BCUT2D eigenvalue weighted by molar-refractivity contribution is -0.134. The maximum Gasteiger partial charge on any atom is 0.236 e. The predicted octanol–water partition coefficient (Wildman–Crippen LogP) is 1.86. The van der Waals surface area contributed by atoms with E-state index in [1.165, 1.54) is 5.56 Å². The topological polar surface area (TPSA) is 53.0 Å². The van der Waals surface area contributed by atoms with Gasteiger partial charge in [0.2, 0.25) is 5.91 Å². The second-order valence-corrected chi connectivity index (χ2v) is 6.93. The Labute approximate surface area is 144 Å². The summed E-state index contributed by atoms with van der Waals surface area (Å²) in [7, 11) is 1.71. The van der Waals surface area contributed by atoms with Crippen LogP contribution in [0.3, 0.4) is 0 Å². The van der Waals surface area contributed by atoms with E-state index in [0.717, 1.165) is 51.1 Å². The van der Waals surface area contributed by atoms with Gasteiger partial charge in [0.25, 0.3) is 0 Å². The number of aliphatic hydroxyl groups excluding tert-OH is 1. The smallest absolute Gasteiger partial charge is 0.236 e. The molecule has 0 bridgehead atoms. The lowest BCUT2D eigenvalue weighted by atomic mass is 9.89. The zero-order valence-corrected chi connectivity index (χ0v) is 14.5. The van der Waals surface area contributed by atoms with Gasteiger partial charge < -0.3 is 14.7 Å². The highest BCUT2D eigenvalue weighted by atomic mass is 16.5. The molecule has 1 aromatic rings. The predicted molar refractivity (Wildman–Crippen MR) is 93.2 cm³/mol. The van der Waals surface area contributed by atoms with Crippen LogP contribution in [0.25, 0.3) is 0 Å². The highest BCUT2D eigenvalue weighted by molar-refractivity contribution is 5.78. The number of rotatable bonds is 4. The molecule has 1 unspecified atom stereocenters. The minimum atomic E-state index is -0.275. The number of carbonyl (C=O) groups is 1. The molecule has 1 atom stereocenters. The number of para-hydroxylation sites is 1. The van der Waals surface area contributed by atoms with E-state index in [1.54, 1.807) is 7.11 Å². The van der Waals surface area contributed by atoms with Gasteiger partial charge in [-0.1, -0.05) is 18.2 Å². The third kappa shape index (κ3) is 4.08. The minimum Gasteiger partial charge on any atom is -0.496 e. The van der Waals surface area contributed by atoms with Crippen LogP contribution >= 0.6 is 0 Å². The van der Waals surface area contributed by atoms with Crippen molar-refractivity contribution in [1.29, 1.82) is 0 Å². The largest absolute Gasteiger partial charge is 0.496 e. The number of methoxy groups -OCH3 is 1. The van der Waals surface area contributed by atoms with Crippen LogP contribution in [-0.4, -0.2) is 66.8 Å². The fraction of sp³-hybridized carbons (Fsp3) is 0.632. The van der Waals surface area contributed by atoms with Gasteiger partial charge in [-0.15, -0.1) is 0 Å². The molecule has 2 fully saturated rings. The Balaban J connectivity index is 1.52. The van der Waals surface area contributed by atoms with Gasteiger partial charge >= 0.3 is 0 Å². The molecule has 0 aromatic heterocycles. The highest BCUT2D eigenvalue weighted by Gasteiger charge is 2.27. The van der Waals surface area contributed by atoms with Gasteiger partial charge in [0.05, 0.1) is 19.8 Å². The number of likely N-dealkylation sites (tertiary alicyclic amines) is 2. The van der Waals surface area contributed by atoms with E-state index in [9.17, 15) is 9.90 Å². The molecule has 1 N–H and O–H groups in total. The summed E-state index contributed by atoms with van der Waals surface area (Å²) in [6.07, 6.45) is 3.52. The normalized spacial score (nSPS) is 23.2. The van der Waals surface area contributed by atoms with Gasteiger partial charge in [-0.2, -0.15) is 0 Å². The van der Waals surface area contributed by atoms with Gasteiger partial charge in [0, 0.05) is 19.6 Å². The molecule has 2 heterocycles. The SMILES string of the molecule is COc1ccccc1C1CCN(C(=O)CN2CCCC(O)C2)CC1. The zero-order valence-electron chi connectivity index (χ0n) is 14.5. The first-order valence-corrected chi connectivity index (χ1v) is 8.98. The summed E-state index contributed by atoms with van der Waals surface area (Å²) in [6, 6.07) is 8.19. The molecule has 0 spiro atoms. The molecule has 1 aromatic carbocycles. The standard InChI is InChI=1S/C19H28N2O3/c1-24-18-7-3-2-6-17(18)15-8-11-21(12-9-15)19(23)14-20-10-4-5-16(22)13-20/h2-3,6-7,15-16,22H,4-5,8-14H2,1H3. The fourth-order valence-electron chi connectivity index (χ4n) is 3.91. The molecule has 0 radical (unpaired) electrons. The van der Waals surface area contributed by atoms with Crippen LogP contribution < -0.4 is 4.74 Å². The maximum absolute atomic E-state index is 12.5. The molecular formula is C19H28N2O3. The first-order chi connectivity index (χ1) is 11.7. The Kier molecular flexibility index (Phi) is 5.74. The number of ether oxygens (including phenoxy) is 1. The maximum atomic E-state index is 12.5. The van der Waals surface area contributed by atoms with E-state index in [4.69, 9.17) is 4.74 Å². The number of hydrogen-bond acceptors (Lipinski definition) is 4. The van der Waals surface area contributed by atoms with Crippen molar-refractivity contribution in [2.45, 2.75) is 37.7 Å². The van der Waals surface area contributed by atoms with Crippen LogP contribution in [0.15, 0.2) is 24.3 Å². The molecule has 0 saturated carbocycles. The molecule has 3 rings (SSSR count). The van der Waals surface area contributed by atoms with Crippen LogP contribution in [0.1, 0.15) is 37.2 Å². The minimum absolute atomic E-state index is 0.197. The van der Waals surface area contributed by atoms with E-state index in [0.29, 0.717) is 19.0 Å². The van der Waals surface area contributed by atoms with Gasteiger partial charge in [-0.3, -0.25) is 9.69 Å². The van der Waals surface area contributed by atoms with E-state index >= 15 is 0 Å². The molecule has 2 saturated heterocycles. The van der Waals surface area contributed by atoms with E-state index in [-0.39, 0.29) is 12.0 Å². The Morgan fingerprint density at radius 3 is 2.67 bits per heavy atom. The number of amides is 1. The summed E-state index contributed by atoms with van der Waals surface area (Å²) in [4.78, 5) is 16.6. The van der Waals surface area contributed by atoms with Crippen LogP contribution in [0, 0.1) is 0 Å². The van der Waals surface area contributed by atoms with Crippen LogP contribution in [0.5, 0.6) is 5.75 Å². The van der Waals surface area contributed by atoms with Gasteiger partial charge in [0.1, 0.15) is 5.75 Å². The van der Waals surface area contributed by atoms with Gasteiger partial charge in [-0.05, 0) is 49.8 Å². The van der Waals surface area contributed by atoms with Crippen molar-refractivity contribution in [3.05, 3.63) is 29.8 Å². The number of piperidine rings is 2. The summed E-state index contributed by atoms with van der Waals surface area (Å²) in [6.45, 7) is 3.59. The van der Waals surface area contributed by atoms with Crippen molar-refractivity contribution in [3.63, 3.8) is 0 Å². The number of nitrogens with zero attached hydrogens (tertiary/aromatic N) is 2. The Bertz CT molecular complexity index is 555. The number of aliphatic hydroxyl groups is 1. The Hall–Kier alpha value is -1.59. The number of carbonyl (C=O) groups excluding carboxylic acids is 1. The van der Waals surface area contributed by atoms with Crippen molar-refractivity contribution in [1.82, 2.24) is 9.80 Å². The van der Waals surface area contributed by atoms with Crippen molar-refractivity contribution in [2.24, 2.45) is 0 Å². The van der Waals surface area contributed by atoms with Crippen molar-refractivity contribution in [2.75, 3.05) is 39.8 Å². The quantitative estimate of drug-likeness (QED) is 0.914. The van der Waals surface area contributed by atoms with E-state index in [2.05, 4.69) is 17.0 Å². The molecule has 24 heavy (non-hydrogen) atoms. The third-order valence-corrected chi connectivity index (χ3v) is 5.27. The van der Waals surface area contributed by atoms with E-state index < -0.39 is 0 Å². The number of benzene rings is 1. The summed E-state index contributed by atoms with van der Waals surface area (Å²) in [5.41, 5.74) is 1.26. The van der Waals surface area contributed by atoms with Crippen molar-refractivity contribution < 1.29 is 14.6 Å². The molecule has 0 aliphatic carbocycles. The average molecular weight is 332 g/mol. The molecule has 1 amide bonds. The van der Waals surface area contributed by atoms with Crippen molar-refractivity contribution in [3.8, 4) is 5.75 Å². The summed E-state index contributed by atoms with van der Waals surface area (Å²) in [5.74, 6) is 1.61. The van der Waals surface area contributed by atoms with Gasteiger partial charge in [0.15, 0.2) is 0 Å². The molecule has 5 heteroatoms. The Morgan fingerprint density at radius 1 is 1.21 bits per heavy atom. The van der Waals surface area contributed by atoms with Gasteiger partial charge in [-0.25, -0.2) is 0 Å². The first-order valence-electron chi connectivity index (χ1n) is 8.98. The summed E-state index contributed by atoms with van der Waals surface area (Å²) in [5, 5.41) is 9.73. The fourth-order valence-corrected chi connectivity index (χ4v) is 3.91. The highest BCUT2D eigenvalue weighted by Crippen LogP contribution is 2.34. The lowest BCUT2D eigenvalue weighted by Gasteiger charge is -2.35. The molecular weight excluding hydrogens is 304 g/mol. The van der Waals surface area contributed by atoms with E-state index in [1.807, 2.05) is 17.0 Å². The lowest BCUT2D eigenvalue weighted by Crippen LogP contribution is -2.47. The summed E-state index contributed by atoms with van der Waals surface area (Å²) >= 11 is 0. The summed E-state index contributed by atoms with van der Waals surface area (Å²) < 4.78 is 5.47.